The molecule has 2 aromatic carbocycles. The second-order valence-corrected chi connectivity index (χ2v) is 4.59. The Morgan fingerprint density at radius 2 is 1.73 bits per heavy atom. The Morgan fingerprint density at radius 3 is 2.41 bits per heavy atom. The minimum Gasteiger partial charge on any atom is -0.318 e. The molecule has 0 unspecified atom stereocenters. The summed E-state index contributed by atoms with van der Waals surface area (Å²) in [6.45, 7) is 0. The standard InChI is InChI=1S/C15H11ClFN3O2/c16-13-4-2-1-3-10(13)9-18-20-15(22)14(21)19-12-7-5-11(17)6-8-12/h1-9H,(H,19,21)(H,20,22). The van der Waals surface area contributed by atoms with Gasteiger partial charge in [-0.05, 0) is 30.3 Å². The number of halogens is 2. The maximum atomic E-state index is 12.7. The second kappa shape index (κ2) is 7.33. The van der Waals surface area contributed by atoms with E-state index in [0.29, 0.717) is 16.3 Å². The summed E-state index contributed by atoms with van der Waals surface area (Å²) < 4.78 is 12.7. The van der Waals surface area contributed by atoms with E-state index in [2.05, 4.69) is 15.8 Å². The van der Waals surface area contributed by atoms with E-state index >= 15 is 0 Å². The number of amides is 2. The predicted molar refractivity (Wildman–Crippen MR) is 82.2 cm³/mol. The highest BCUT2D eigenvalue weighted by atomic mass is 35.5. The number of benzene rings is 2. The van der Waals surface area contributed by atoms with Crippen LogP contribution in [0, 0.1) is 5.82 Å². The highest BCUT2D eigenvalue weighted by molar-refractivity contribution is 6.39. The van der Waals surface area contributed by atoms with Gasteiger partial charge in [-0.1, -0.05) is 29.8 Å². The van der Waals surface area contributed by atoms with Crippen LogP contribution in [-0.2, 0) is 9.59 Å². The third kappa shape index (κ3) is 4.39. The molecule has 0 aliphatic carbocycles. The Kier molecular flexibility index (Phi) is 5.21. The Hall–Kier alpha value is -2.73. The van der Waals surface area contributed by atoms with Crippen molar-refractivity contribution in [2.45, 2.75) is 0 Å². The molecule has 112 valence electrons. The van der Waals surface area contributed by atoms with Gasteiger partial charge in [-0.3, -0.25) is 9.59 Å². The van der Waals surface area contributed by atoms with Gasteiger partial charge in [-0.25, -0.2) is 9.82 Å². The summed E-state index contributed by atoms with van der Waals surface area (Å²) in [5, 5.41) is 6.43. The average molecular weight is 320 g/mol. The molecular formula is C15H11ClFN3O2. The van der Waals surface area contributed by atoms with Gasteiger partial charge in [-0.15, -0.1) is 0 Å². The van der Waals surface area contributed by atoms with Crippen LogP contribution < -0.4 is 10.7 Å². The van der Waals surface area contributed by atoms with Crippen molar-refractivity contribution in [3.8, 4) is 0 Å². The Balaban J connectivity index is 1.90. The van der Waals surface area contributed by atoms with Crippen molar-refractivity contribution in [1.29, 1.82) is 0 Å². The lowest BCUT2D eigenvalue weighted by Gasteiger charge is -2.03. The zero-order chi connectivity index (χ0) is 15.9. The van der Waals surface area contributed by atoms with Crippen LogP contribution in [0.5, 0.6) is 0 Å². The number of carbonyl (C=O) groups excluding carboxylic acids is 2. The molecule has 0 atom stereocenters. The molecule has 2 N–H and O–H groups in total. The molecular weight excluding hydrogens is 309 g/mol. The lowest BCUT2D eigenvalue weighted by atomic mass is 10.2. The minimum absolute atomic E-state index is 0.302. The molecule has 5 nitrogen and oxygen atoms in total. The van der Waals surface area contributed by atoms with Crippen LogP contribution in [0.3, 0.4) is 0 Å². The molecule has 0 fully saturated rings. The van der Waals surface area contributed by atoms with Crippen LogP contribution in [0.25, 0.3) is 0 Å². The fourth-order valence-electron chi connectivity index (χ4n) is 1.51. The van der Waals surface area contributed by atoms with Crippen molar-refractivity contribution in [3.05, 3.63) is 64.9 Å². The molecule has 0 heterocycles. The fraction of sp³-hybridized carbons (Fsp3) is 0. The van der Waals surface area contributed by atoms with Crippen LogP contribution in [0.15, 0.2) is 53.6 Å². The van der Waals surface area contributed by atoms with Gasteiger partial charge in [-0.2, -0.15) is 5.10 Å². The van der Waals surface area contributed by atoms with Crippen molar-refractivity contribution >= 4 is 35.3 Å². The van der Waals surface area contributed by atoms with Crippen molar-refractivity contribution in [2.24, 2.45) is 5.10 Å². The van der Waals surface area contributed by atoms with E-state index in [0.717, 1.165) is 0 Å². The summed E-state index contributed by atoms with van der Waals surface area (Å²) in [5.41, 5.74) is 2.98. The highest BCUT2D eigenvalue weighted by Crippen LogP contribution is 2.12. The van der Waals surface area contributed by atoms with Gasteiger partial charge in [0.05, 0.1) is 6.21 Å². The van der Waals surface area contributed by atoms with Gasteiger partial charge in [0.15, 0.2) is 0 Å². The number of hydrogen-bond donors (Lipinski definition) is 2. The Labute approximate surface area is 130 Å². The van der Waals surface area contributed by atoms with E-state index in [1.54, 1.807) is 24.3 Å². The first kappa shape index (κ1) is 15.7. The van der Waals surface area contributed by atoms with Crippen molar-refractivity contribution in [1.82, 2.24) is 5.43 Å². The van der Waals surface area contributed by atoms with E-state index in [1.165, 1.54) is 30.5 Å². The number of nitrogens with one attached hydrogen (secondary N) is 2. The first-order valence-corrected chi connectivity index (χ1v) is 6.58. The van der Waals surface area contributed by atoms with Crippen LogP contribution in [0.2, 0.25) is 5.02 Å². The largest absolute Gasteiger partial charge is 0.329 e. The van der Waals surface area contributed by atoms with Gasteiger partial charge >= 0.3 is 11.8 Å². The van der Waals surface area contributed by atoms with E-state index in [4.69, 9.17) is 11.6 Å². The fourth-order valence-corrected chi connectivity index (χ4v) is 1.70. The number of carbonyl (C=O) groups is 2. The summed E-state index contributed by atoms with van der Waals surface area (Å²) in [4.78, 5) is 23.1. The number of rotatable bonds is 3. The number of anilines is 1. The Morgan fingerprint density at radius 1 is 1.05 bits per heavy atom. The minimum atomic E-state index is -0.951. The monoisotopic (exact) mass is 319 g/mol. The molecule has 0 radical (unpaired) electrons. The molecule has 0 spiro atoms. The normalized spacial score (nSPS) is 10.5. The van der Waals surface area contributed by atoms with Gasteiger partial charge in [0.25, 0.3) is 0 Å². The second-order valence-electron chi connectivity index (χ2n) is 4.18. The lowest BCUT2D eigenvalue weighted by molar-refractivity contribution is -0.136. The van der Waals surface area contributed by atoms with Crippen LogP contribution in [0.4, 0.5) is 10.1 Å². The van der Waals surface area contributed by atoms with E-state index in [9.17, 15) is 14.0 Å². The maximum Gasteiger partial charge on any atom is 0.329 e. The van der Waals surface area contributed by atoms with Gasteiger partial charge in [0.2, 0.25) is 0 Å². The maximum absolute atomic E-state index is 12.7. The third-order valence-corrected chi connectivity index (χ3v) is 2.93. The lowest BCUT2D eigenvalue weighted by Crippen LogP contribution is -2.32. The molecule has 7 heteroatoms. The van der Waals surface area contributed by atoms with Crippen LogP contribution >= 0.6 is 11.6 Å². The van der Waals surface area contributed by atoms with Gasteiger partial charge < -0.3 is 5.32 Å². The van der Waals surface area contributed by atoms with Crippen LogP contribution in [-0.4, -0.2) is 18.0 Å². The Bertz CT molecular complexity index is 717. The first-order chi connectivity index (χ1) is 10.6. The summed E-state index contributed by atoms with van der Waals surface area (Å²) in [6, 6.07) is 11.9. The summed E-state index contributed by atoms with van der Waals surface area (Å²) >= 11 is 5.91. The van der Waals surface area contributed by atoms with Crippen molar-refractivity contribution < 1.29 is 14.0 Å². The molecule has 0 saturated heterocycles. The molecule has 0 aliphatic heterocycles. The zero-order valence-corrected chi connectivity index (χ0v) is 12.0. The predicted octanol–water partition coefficient (Wildman–Crippen LogP) is 2.57. The average Bonchev–Trinajstić information content (AvgIpc) is 2.51. The molecule has 0 bridgehead atoms. The molecule has 0 aromatic heterocycles. The number of hydrazone groups is 1. The highest BCUT2D eigenvalue weighted by Gasteiger charge is 2.12. The quantitative estimate of drug-likeness (QED) is 0.518. The first-order valence-electron chi connectivity index (χ1n) is 6.21. The third-order valence-electron chi connectivity index (χ3n) is 2.58. The summed E-state index contributed by atoms with van der Waals surface area (Å²) in [6.07, 6.45) is 1.32. The van der Waals surface area contributed by atoms with Crippen molar-refractivity contribution in [2.75, 3.05) is 5.32 Å². The number of nitrogens with zero attached hydrogens (tertiary/aromatic N) is 1. The molecule has 0 saturated carbocycles. The van der Waals surface area contributed by atoms with E-state index in [1.807, 2.05) is 0 Å². The topological polar surface area (TPSA) is 70.6 Å². The van der Waals surface area contributed by atoms with Gasteiger partial charge in [0.1, 0.15) is 5.82 Å². The molecule has 2 rings (SSSR count). The van der Waals surface area contributed by atoms with Crippen molar-refractivity contribution in [3.63, 3.8) is 0 Å². The molecule has 22 heavy (non-hydrogen) atoms. The number of hydrogen-bond acceptors (Lipinski definition) is 3. The molecule has 0 aliphatic rings. The smallest absolute Gasteiger partial charge is 0.318 e. The van der Waals surface area contributed by atoms with E-state index in [-0.39, 0.29) is 0 Å². The summed E-state index contributed by atoms with van der Waals surface area (Å²) in [7, 11) is 0. The van der Waals surface area contributed by atoms with Crippen LogP contribution in [0.1, 0.15) is 5.56 Å². The van der Waals surface area contributed by atoms with E-state index < -0.39 is 17.6 Å². The van der Waals surface area contributed by atoms with Gasteiger partial charge in [0, 0.05) is 16.3 Å². The SMILES string of the molecule is O=C(NN=Cc1ccccc1Cl)C(=O)Nc1ccc(F)cc1. The zero-order valence-electron chi connectivity index (χ0n) is 11.2. The molecule has 2 amide bonds. The summed E-state index contributed by atoms with van der Waals surface area (Å²) in [5.74, 6) is -2.30. The molecule has 2 aromatic rings.